The van der Waals surface area contributed by atoms with Crippen molar-refractivity contribution >= 4 is 46.4 Å². The Morgan fingerprint density at radius 1 is 1.20 bits per heavy atom. The van der Waals surface area contributed by atoms with Crippen molar-refractivity contribution in [2.24, 2.45) is 11.7 Å². The van der Waals surface area contributed by atoms with Crippen LogP contribution in [-0.4, -0.2) is 75.1 Å². The Labute approximate surface area is 243 Å². The van der Waals surface area contributed by atoms with Gasteiger partial charge in [-0.2, -0.15) is 0 Å². The van der Waals surface area contributed by atoms with Crippen molar-refractivity contribution in [3.8, 4) is 10.4 Å². The molecule has 1 saturated heterocycles. The second kappa shape index (κ2) is 12.6. The van der Waals surface area contributed by atoms with Crippen LogP contribution < -0.4 is 16.0 Å². The summed E-state index contributed by atoms with van der Waals surface area (Å²) in [4.78, 5) is 43.3. The number of aliphatic carboxylic acids is 1. The molecule has 214 valence electrons. The highest BCUT2D eigenvalue weighted by atomic mass is 35.5. The maximum atomic E-state index is 13.0. The summed E-state index contributed by atoms with van der Waals surface area (Å²) in [6, 6.07) is 7.45. The third kappa shape index (κ3) is 7.14. The summed E-state index contributed by atoms with van der Waals surface area (Å²) >= 11 is 7.67. The molecular weight excluding hydrogens is 550 g/mol. The normalized spacial score (nSPS) is 15.7. The van der Waals surface area contributed by atoms with Crippen LogP contribution in [0, 0.1) is 19.8 Å². The SMILES string of the molecule is Cc1nc(NC(=O)c2ncc(-c3c(C)cccc3Cl)s2)cc(N2CCN(CC[C@@](N)(CC(C)C)C(=O)O)CC2)n1. The van der Waals surface area contributed by atoms with E-state index >= 15 is 0 Å². The van der Waals surface area contributed by atoms with Gasteiger partial charge in [-0.3, -0.25) is 14.5 Å². The van der Waals surface area contributed by atoms with Crippen LogP contribution in [0.5, 0.6) is 0 Å². The van der Waals surface area contributed by atoms with Crippen molar-refractivity contribution in [2.45, 2.75) is 46.1 Å². The van der Waals surface area contributed by atoms with E-state index in [0.29, 0.717) is 54.1 Å². The van der Waals surface area contributed by atoms with Gasteiger partial charge in [-0.25, -0.2) is 15.0 Å². The van der Waals surface area contributed by atoms with Crippen molar-refractivity contribution in [3.63, 3.8) is 0 Å². The van der Waals surface area contributed by atoms with Crippen LogP contribution in [0.1, 0.15) is 47.9 Å². The number of hydrogen-bond acceptors (Lipinski definition) is 9. The Kier molecular flexibility index (Phi) is 9.40. The highest BCUT2D eigenvalue weighted by Crippen LogP contribution is 2.35. The van der Waals surface area contributed by atoms with Crippen molar-refractivity contribution in [2.75, 3.05) is 42.9 Å². The van der Waals surface area contributed by atoms with Crippen LogP contribution >= 0.6 is 22.9 Å². The third-order valence-electron chi connectivity index (χ3n) is 7.00. The second-order valence-electron chi connectivity index (χ2n) is 10.7. The summed E-state index contributed by atoms with van der Waals surface area (Å²) in [7, 11) is 0. The van der Waals surface area contributed by atoms with E-state index in [1.165, 1.54) is 11.3 Å². The van der Waals surface area contributed by atoms with E-state index in [-0.39, 0.29) is 11.8 Å². The number of carboxylic acids is 1. The Morgan fingerprint density at radius 2 is 1.93 bits per heavy atom. The number of carboxylic acid groups (broad SMARTS) is 1. The monoisotopic (exact) mass is 585 g/mol. The molecule has 0 radical (unpaired) electrons. The van der Waals surface area contributed by atoms with Gasteiger partial charge in [0.1, 0.15) is 23.0 Å². The van der Waals surface area contributed by atoms with E-state index in [0.717, 1.165) is 34.9 Å². The Balaban J connectivity index is 1.37. The Morgan fingerprint density at radius 3 is 2.58 bits per heavy atom. The van der Waals surface area contributed by atoms with Gasteiger partial charge >= 0.3 is 5.97 Å². The summed E-state index contributed by atoms with van der Waals surface area (Å²) in [5, 5.41) is 13.5. The predicted octanol–water partition coefficient (Wildman–Crippen LogP) is 4.46. The zero-order valence-corrected chi connectivity index (χ0v) is 24.8. The van der Waals surface area contributed by atoms with E-state index in [1.54, 1.807) is 19.2 Å². The average molecular weight is 586 g/mol. The first-order valence-electron chi connectivity index (χ1n) is 13.3. The summed E-state index contributed by atoms with van der Waals surface area (Å²) in [5.74, 6) is 0.595. The van der Waals surface area contributed by atoms with Crippen LogP contribution in [0.4, 0.5) is 11.6 Å². The van der Waals surface area contributed by atoms with E-state index in [9.17, 15) is 14.7 Å². The quantitative estimate of drug-likeness (QED) is 0.315. The first-order chi connectivity index (χ1) is 18.9. The largest absolute Gasteiger partial charge is 0.480 e. The minimum Gasteiger partial charge on any atom is -0.480 e. The highest BCUT2D eigenvalue weighted by Gasteiger charge is 2.35. The number of hydrogen-bond donors (Lipinski definition) is 3. The number of anilines is 2. The molecule has 0 unspecified atom stereocenters. The van der Waals surface area contributed by atoms with Gasteiger partial charge < -0.3 is 21.1 Å². The van der Waals surface area contributed by atoms with Gasteiger partial charge in [0.25, 0.3) is 5.91 Å². The third-order valence-corrected chi connectivity index (χ3v) is 8.33. The number of aryl methyl sites for hydroxylation is 2. The molecule has 4 rings (SSSR count). The second-order valence-corrected chi connectivity index (χ2v) is 12.1. The minimum absolute atomic E-state index is 0.206. The number of amides is 1. The maximum Gasteiger partial charge on any atom is 0.323 e. The van der Waals surface area contributed by atoms with E-state index in [4.69, 9.17) is 17.3 Å². The number of nitrogens with one attached hydrogen (secondary N) is 1. The number of carbonyl (C=O) groups excluding carboxylic acids is 1. The molecule has 0 spiro atoms. The number of benzene rings is 1. The van der Waals surface area contributed by atoms with E-state index in [2.05, 4.69) is 30.1 Å². The molecule has 1 fully saturated rings. The molecule has 3 aromatic rings. The number of halogens is 1. The molecule has 2 aromatic heterocycles. The zero-order chi connectivity index (χ0) is 29.0. The number of rotatable bonds is 10. The molecule has 0 aliphatic carbocycles. The van der Waals surface area contributed by atoms with Gasteiger partial charge in [0.2, 0.25) is 0 Å². The number of piperazine rings is 1. The van der Waals surface area contributed by atoms with Crippen LogP contribution in [0.25, 0.3) is 10.4 Å². The zero-order valence-electron chi connectivity index (χ0n) is 23.3. The topological polar surface area (TPSA) is 138 Å². The maximum absolute atomic E-state index is 13.0. The molecule has 1 aromatic carbocycles. The Hall–Kier alpha value is -3.12. The standard InChI is InChI=1S/C28H36ClN7O3S/c1-17(2)15-28(30,27(38)39)8-9-35-10-12-36(13-11-35)23-14-22(32-19(4)33-23)34-25(37)26-31-16-21(40-26)24-18(3)6-5-7-20(24)29/h5-7,14,16-17H,8-13,15,30H2,1-4H3,(H,38,39)(H,32,33,34,37)/t28-/m1/s1. The van der Waals surface area contributed by atoms with Gasteiger partial charge in [0.05, 0.1) is 4.88 Å². The molecule has 40 heavy (non-hydrogen) atoms. The molecule has 3 heterocycles. The summed E-state index contributed by atoms with van der Waals surface area (Å²) < 4.78 is 0. The predicted molar refractivity (Wildman–Crippen MR) is 159 cm³/mol. The van der Waals surface area contributed by atoms with Crippen LogP contribution in [-0.2, 0) is 4.79 Å². The summed E-state index contributed by atoms with van der Waals surface area (Å²) in [6.45, 7) is 11.3. The minimum atomic E-state index is -1.22. The van der Waals surface area contributed by atoms with Crippen LogP contribution in [0.3, 0.4) is 0 Å². The number of thiazole rings is 1. The summed E-state index contributed by atoms with van der Waals surface area (Å²) in [6.07, 6.45) is 2.51. The fourth-order valence-electron chi connectivity index (χ4n) is 4.97. The molecule has 1 amide bonds. The lowest BCUT2D eigenvalue weighted by molar-refractivity contribution is -0.144. The molecule has 10 nitrogen and oxygen atoms in total. The molecule has 1 aliphatic heterocycles. The molecule has 1 aliphatic rings. The first-order valence-corrected chi connectivity index (χ1v) is 14.5. The molecular formula is C28H36ClN7O3S. The van der Waals surface area contributed by atoms with Crippen LogP contribution in [0.15, 0.2) is 30.5 Å². The smallest absolute Gasteiger partial charge is 0.323 e. The molecule has 1 atom stereocenters. The average Bonchev–Trinajstić information content (AvgIpc) is 3.37. The Bertz CT molecular complexity index is 1350. The van der Waals surface area contributed by atoms with E-state index in [1.807, 2.05) is 39.0 Å². The molecule has 12 heteroatoms. The van der Waals surface area contributed by atoms with Gasteiger partial charge in [-0.15, -0.1) is 11.3 Å². The van der Waals surface area contributed by atoms with Crippen molar-refractivity contribution in [1.29, 1.82) is 0 Å². The van der Waals surface area contributed by atoms with Gasteiger partial charge in [0.15, 0.2) is 5.01 Å². The molecule has 4 N–H and O–H groups in total. The van der Waals surface area contributed by atoms with Gasteiger partial charge in [-0.1, -0.05) is 37.6 Å². The number of aromatic nitrogens is 3. The van der Waals surface area contributed by atoms with Crippen molar-refractivity contribution in [1.82, 2.24) is 19.9 Å². The lowest BCUT2D eigenvalue weighted by Crippen LogP contribution is -2.53. The van der Waals surface area contributed by atoms with Crippen LogP contribution in [0.2, 0.25) is 5.02 Å². The summed E-state index contributed by atoms with van der Waals surface area (Å²) in [5.41, 5.74) is 6.91. The van der Waals surface area contributed by atoms with Gasteiger partial charge in [0, 0.05) is 55.6 Å². The number of carbonyl (C=O) groups is 2. The highest BCUT2D eigenvalue weighted by molar-refractivity contribution is 7.17. The lowest BCUT2D eigenvalue weighted by atomic mass is 9.86. The fourth-order valence-corrected chi connectivity index (χ4v) is 6.28. The number of nitrogens with zero attached hydrogens (tertiary/aromatic N) is 5. The first kappa shape index (κ1) is 29.9. The number of nitrogens with two attached hydrogens (primary N) is 1. The van der Waals surface area contributed by atoms with Gasteiger partial charge in [-0.05, 0) is 44.2 Å². The van der Waals surface area contributed by atoms with Crippen molar-refractivity contribution < 1.29 is 14.7 Å². The van der Waals surface area contributed by atoms with E-state index < -0.39 is 11.5 Å². The lowest BCUT2D eigenvalue weighted by Gasteiger charge is -2.37. The fraction of sp³-hybridized carbons (Fsp3) is 0.464. The molecule has 0 bridgehead atoms. The molecule has 0 saturated carbocycles. The van der Waals surface area contributed by atoms with Crippen molar-refractivity contribution in [3.05, 3.63) is 51.9 Å².